The highest BCUT2D eigenvalue weighted by Gasteiger charge is 2.36. The largest absolute Gasteiger partial charge is 0.347 e. The zero-order chi connectivity index (χ0) is 27.4. The lowest BCUT2D eigenvalue weighted by atomic mass is 9.84. The Bertz CT molecular complexity index is 2930. The molecule has 0 spiro atoms. The Balaban J connectivity index is 1.36. The van der Waals surface area contributed by atoms with Gasteiger partial charge in [-0.05, 0) is 80.8 Å². The van der Waals surface area contributed by atoms with Crippen molar-refractivity contribution in [1.82, 2.24) is 14.4 Å². The molecule has 0 atom stereocenters. The number of hydrogen-bond acceptors (Lipinski definition) is 3. The lowest BCUT2D eigenvalue weighted by molar-refractivity contribution is -0.530. The number of carbonyl (C=O) groups is 1. The van der Waals surface area contributed by atoms with Gasteiger partial charge in [-0.15, -0.1) is 0 Å². The van der Waals surface area contributed by atoms with Crippen LogP contribution in [0.4, 0.5) is 0 Å². The second-order valence-corrected chi connectivity index (χ2v) is 11.3. The van der Waals surface area contributed by atoms with Crippen LogP contribution in [0.3, 0.4) is 0 Å². The predicted molar refractivity (Wildman–Crippen MR) is 166 cm³/mol. The van der Waals surface area contributed by atoms with Crippen LogP contribution in [0.1, 0.15) is 10.4 Å². The molecule has 0 radical (unpaired) electrons. The first-order valence-corrected chi connectivity index (χ1v) is 14.0. The van der Waals surface area contributed by atoms with Gasteiger partial charge in [0.2, 0.25) is 0 Å². The third-order valence-corrected chi connectivity index (χ3v) is 9.45. The summed E-state index contributed by atoms with van der Waals surface area (Å²) >= 11 is 0. The number of nitrogens with zero attached hydrogens (tertiary/aromatic N) is 3. The summed E-state index contributed by atoms with van der Waals surface area (Å²) in [6.45, 7) is 0. The fraction of sp³-hybridized carbons (Fsp3) is 0. The first kappa shape index (κ1) is 20.9. The minimum absolute atomic E-state index is 0.0285. The van der Waals surface area contributed by atoms with Gasteiger partial charge in [-0.3, -0.25) is 9.20 Å². The number of para-hydroxylation sites is 4. The minimum Gasteiger partial charge on any atom is -0.268 e. The maximum atomic E-state index is 14.0. The molecule has 10 aromatic rings. The van der Waals surface area contributed by atoms with Crippen molar-refractivity contribution in [3.63, 3.8) is 0 Å². The highest BCUT2D eigenvalue weighted by atomic mass is 16.2. The summed E-state index contributed by atoms with van der Waals surface area (Å²) in [6, 6.07) is 32.4. The molecule has 11 rings (SSSR count). The van der Waals surface area contributed by atoms with Gasteiger partial charge in [-0.2, -0.15) is 4.57 Å². The van der Waals surface area contributed by atoms with E-state index in [2.05, 4.69) is 41.4 Å². The molecule has 0 aliphatic carbocycles. The van der Waals surface area contributed by atoms with Crippen LogP contribution in [0.2, 0.25) is 0 Å². The molecule has 192 valence electrons. The second kappa shape index (κ2) is 6.70. The molecular formula is C36H17N4O2+. The first-order chi connectivity index (χ1) is 20.7. The quantitative estimate of drug-likeness (QED) is 0.130. The lowest BCUT2D eigenvalue weighted by Crippen LogP contribution is -2.46. The number of aromatic amines is 1. The summed E-state index contributed by atoms with van der Waals surface area (Å²) in [5.41, 5.74) is 5.77. The zero-order valence-corrected chi connectivity index (χ0v) is 21.9. The van der Waals surface area contributed by atoms with E-state index in [4.69, 9.17) is 4.98 Å². The number of fused-ring (bicyclic) bond motifs is 10. The van der Waals surface area contributed by atoms with E-state index in [-0.39, 0.29) is 11.5 Å². The van der Waals surface area contributed by atoms with Crippen LogP contribution in [-0.4, -0.2) is 20.3 Å². The Morgan fingerprint density at radius 2 is 1.21 bits per heavy atom. The number of hydrogen-bond donors (Lipinski definition) is 1. The van der Waals surface area contributed by atoms with Gasteiger partial charge in [0.15, 0.2) is 11.0 Å². The summed E-state index contributed by atoms with van der Waals surface area (Å²) in [4.78, 5) is 36.4. The number of nitrogens with one attached hydrogen (secondary N) is 1. The van der Waals surface area contributed by atoms with Gasteiger partial charge in [0.1, 0.15) is 5.65 Å². The van der Waals surface area contributed by atoms with E-state index < -0.39 is 0 Å². The fourth-order valence-corrected chi connectivity index (χ4v) is 7.76. The van der Waals surface area contributed by atoms with Crippen LogP contribution >= 0.6 is 0 Å². The second-order valence-electron chi connectivity index (χ2n) is 11.3. The third kappa shape index (κ3) is 2.14. The topological polar surface area (TPSA) is 71.1 Å². The molecule has 6 nitrogen and oxygen atoms in total. The molecule has 0 saturated carbocycles. The molecule has 42 heavy (non-hydrogen) atoms. The van der Waals surface area contributed by atoms with E-state index >= 15 is 0 Å². The normalized spacial score (nSPS) is 13.4. The SMILES string of the molecule is O=C1c2ccc3c4ccc5c6c(ccc(c7ccc(c2c73)-c2[nH]c3ccccc3[n+]21)c46)c(=O)n1c2ccccc2nc51. The Morgan fingerprint density at radius 1 is 0.595 bits per heavy atom. The summed E-state index contributed by atoms with van der Waals surface area (Å²) < 4.78 is 3.55. The Kier molecular flexibility index (Phi) is 3.34. The van der Waals surface area contributed by atoms with Crippen molar-refractivity contribution in [1.29, 1.82) is 0 Å². The van der Waals surface area contributed by atoms with E-state index in [9.17, 15) is 9.59 Å². The van der Waals surface area contributed by atoms with Crippen molar-refractivity contribution in [3.05, 3.63) is 113 Å². The average Bonchev–Trinajstić information content (AvgIpc) is 3.61. The molecule has 0 saturated heterocycles. The first-order valence-electron chi connectivity index (χ1n) is 14.0. The third-order valence-electron chi connectivity index (χ3n) is 9.45. The van der Waals surface area contributed by atoms with Crippen molar-refractivity contribution >= 4 is 87.5 Å². The van der Waals surface area contributed by atoms with Crippen LogP contribution in [0.5, 0.6) is 0 Å². The standard InChI is InChI=1S/C36H16N4O2/c41-35-23-15-11-19-18-10-14-22-32-24(36(42)40-28-8-4-2-6-26(28)38-34(22)40)16-12-20(30(18)32)17-9-13-21(31(23)29(17)19)33-37-25-5-1-3-7-27(25)39(33)35/h1-16H/p+1. The van der Waals surface area contributed by atoms with Crippen LogP contribution in [-0.2, 0) is 0 Å². The van der Waals surface area contributed by atoms with E-state index in [1.807, 2.05) is 60.7 Å². The Hall–Kier alpha value is -5.88. The highest BCUT2D eigenvalue weighted by molar-refractivity contribution is 6.39. The number of benzene rings is 7. The molecular weight excluding hydrogens is 520 g/mol. The van der Waals surface area contributed by atoms with Gasteiger partial charge in [-0.1, -0.05) is 48.5 Å². The van der Waals surface area contributed by atoms with Crippen molar-refractivity contribution in [2.45, 2.75) is 0 Å². The highest BCUT2D eigenvalue weighted by Crippen LogP contribution is 2.46. The molecule has 1 aliphatic heterocycles. The average molecular weight is 538 g/mol. The maximum Gasteiger partial charge on any atom is 0.347 e. The fourth-order valence-electron chi connectivity index (χ4n) is 7.76. The molecule has 0 fully saturated rings. The molecule has 1 N–H and O–H groups in total. The molecule has 0 unspecified atom stereocenters. The minimum atomic E-state index is -0.0556. The Labute approximate surface area is 235 Å². The number of aromatic nitrogens is 4. The van der Waals surface area contributed by atoms with Crippen LogP contribution in [0.25, 0.3) is 93.0 Å². The van der Waals surface area contributed by atoms with E-state index in [0.29, 0.717) is 16.6 Å². The summed E-state index contributed by atoms with van der Waals surface area (Å²) in [6.07, 6.45) is 0. The molecule has 0 amide bonds. The number of rotatable bonds is 0. The zero-order valence-electron chi connectivity index (χ0n) is 21.9. The lowest BCUT2D eigenvalue weighted by Gasteiger charge is -2.20. The number of pyridine rings is 1. The van der Waals surface area contributed by atoms with Gasteiger partial charge in [-0.25, -0.2) is 14.8 Å². The molecule has 1 aliphatic rings. The van der Waals surface area contributed by atoms with Gasteiger partial charge < -0.3 is 0 Å². The summed E-state index contributed by atoms with van der Waals surface area (Å²) in [5.74, 6) is 0.775. The smallest absolute Gasteiger partial charge is 0.268 e. The van der Waals surface area contributed by atoms with Gasteiger partial charge in [0.25, 0.3) is 11.4 Å². The number of carbonyl (C=O) groups excluding carboxylic acids is 1. The van der Waals surface area contributed by atoms with Gasteiger partial charge in [0.05, 0.1) is 22.2 Å². The molecule has 7 aromatic carbocycles. The van der Waals surface area contributed by atoms with Gasteiger partial charge >= 0.3 is 5.91 Å². The Morgan fingerprint density at radius 3 is 2.05 bits per heavy atom. The van der Waals surface area contributed by atoms with Crippen LogP contribution in [0, 0.1) is 0 Å². The maximum absolute atomic E-state index is 14.0. The van der Waals surface area contributed by atoms with Crippen LogP contribution in [0.15, 0.2) is 102 Å². The van der Waals surface area contributed by atoms with Crippen molar-refractivity contribution in [2.24, 2.45) is 0 Å². The molecule has 3 aromatic heterocycles. The van der Waals surface area contributed by atoms with E-state index in [1.165, 1.54) is 0 Å². The van der Waals surface area contributed by atoms with E-state index in [0.717, 1.165) is 81.9 Å². The van der Waals surface area contributed by atoms with E-state index in [1.54, 1.807) is 8.97 Å². The van der Waals surface area contributed by atoms with Crippen molar-refractivity contribution in [2.75, 3.05) is 0 Å². The monoisotopic (exact) mass is 537 g/mol. The van der Waals surface area contributed by atoms with Crippen molar-refractivity contribution in [3.8, 4) is 11.4 Å². The number of imidazole rings is 2. The molecule has 0 bridgehead atoms. The number of H-pyrrole nitrogens is 1. The summed E-state index contributed by atoms with van der Waals surface area (Å²) in [5, 5.41) is 10.00. The van der Waals surface area contributed by atoms with Crippen LogP contribution < -0.4 is 10.1 Å². The molecule has 6 heteroatoms. The predicted octanol–water partition coefficient (Wildman–Crippen LogP) is 6.93. The van der Waals surface area contributed by atoms with Crippen molar-refractivity contribution < 1.29 is 9.36 Å². The molecule has 4 heterocycles. The summed E-state index contributed by atoms with van der Waals surface area (Å²) in [7, 11) is 0. The van der Waals surface area contributed by atoms with Gasteiger partial charge in [0, 0.05) is 21.5 Å².